The van der Waals surface area contributed by atoms with E-state index in [0.717, 1.165) is 18.2 Å². The number of hydrogen-bond donors (Lipinski definition) is 2. The lowest BCUT2D eigenvalue weighted by atomic mass is 9.80. The molecule has 0 saturated carbocycles. The van der Waals surface area contributed by atoms with Gasteiger partial charge in [-0.05, 0) is 54.8 Å². The Morgan fingerprint density at radius 1 is 0.930 bits per heavy atom. The minimum atomic E-state index is -1.02. The number of carbonyl (C=O) groups is 3. The minimum absolute atomic E-state index is 0.00347. The highest BCUT2D eigenvalue weighted by Gasteiger charge is 2.43. The van der Waals surface area contributed by atoms with Crippen LogP contribution >= 0.6 is 0 Å². The van der Waals surface area contributed by atoms with E-state index in [0.29, 0.717) is 11.3 Å². The summed E-state index contributed by atoms with van der Waals surface area (Å²) in [5.41, 5.74) is 9.25. The third kappa shape index (κ3) is 6.21. The molecule has 0 fully saturated rings. The van der Waals surface area contributed by atoms with Crippen molar-refractivity contribution in [3.05, 3.63) is 118 Å². The van der Waals surface area contributed by atoms with Gasteiger partial charge in [-0.1, -0.05) is 48.5 Å². The summed E-state index contributed by atoms with van der Waals surface area (Å²) in [4.78, 5) is 41.3. The molecule has 1 unspecified atom stereocenters. The maximum atomic E-state index is 13.4. The van der Waals surface area contributed by atoms with Gasteiger partial charge in [-0.15, -0.1) is 0 Å². The van der Waals surface area contributed by atoms with Gasteiger partial charge in [0.05, 0.1) is 55.1 Å². The Bertz CT molecular complexity index is 1660. The largest absolute Gasteiger partial charge is 0.492 e. The summed E-state index contributed by atoms with van der Waals surface area (Å²) in [6, 6.07) is 22.9. The number of methoxy groups -OCH3 is 2. The Hall–Kier alpha value is -5.56. The van der Waals surface area contributed by atoms with Crippen LogP contribution in [0.3, 0.4) is 0 Å². The molecule has 3 aromatic carbocycles. The third-order valence-electron chi connectivity index (χ3n) is 7.13. The number of hydrogen-bond acceptors (Lipinski definition) is 9. The van der Waals surface area contributed by atoms with Crippen molar-refractivity contribution in [2.24, 2.45) is 5.73 Å². The summed E-state index contributed by atoms with van der Waals surface area (Å²) < 4.78 is 15.9. The van der Waals surface area contributed by atoms with E-state index < -0.39 is 23.8 Å². The van der Waals surface area contributed by atoms with Crippen molar-refractivity contribution in [2.75, 3.05) is 32.3 Å². The fraction of sp³-hybridized carbons (Fsp3) is 0.212. The van der Waals surface area contributed by atoms with E-state index in [-0.39, 0.29) is 47.1 Å². The van der Waals surface area contributed by atoms with E-state index in [9.17, 15) is 19.6 Å². The molecular weight excluding hydrogens is 548 g/mol. The molecule has 0 spiro atoms. The van der Waals surface area contributed by atoms with Gasteiger partial charge in [-0.2, -0.15) is 5.26 Å². The van der Waals surface area contributed by atoms with Crippen LogP contribution in [0.25, 0.3) is 0 Å². The molecule has 1 aliphatic heterocycles. The summed E-state index contributed by atoms with van der Waals surface area (Å²) in [5, 5.41) is 13.1. The molecule has 10 heteroatoms. The SMILES string of the molecule is COC(=O)C1=C(C(=O)OC)N(c2ccccc2C(=O)NCCOc2ccc(C)c(C)c2)C(N)=C(C#N)C1c1ccccc1. The molecule has 1 aliphatic rings. The average molecular weight is 581 g/mol. The van der Waals surface area contributed by atoms with Gasteiger partial charge in [0.15, 0.2) is 0 Å². The lowest BCUT2D eigenvalue weighted by Crippen LogP contribution is -2.41. The van der Waals surface area contributed by atoms with Crippen LogP contribution in [0.2, 0.25) is 0 Å². The topological polar surface area (TPSA) is 144 Å². The van der Waals surface area contributed by atoms with Crippen molar-refractivity contribution in [1.82, 2.24) is 5.32 Å². The normalized spacial score (nSPS) is 14.6. The van der Waals surface area contributed by atoms with Gasteiger partial charge in [0.25, 0.3) is 5.91 Å². The monoisotopic (exact) mass is 580 g/mol. The summed E-state index contributed by atoms with van der Waals surface area (Å²) >= 11 is 0. The summed E-state index contributed by atoms with van der Waals surface area (Å²) in [6.07, 6.45) is 0. The zero-order chi connectivity index (χ0) is 31.1. The number of allylic oxidation sites excluding steroid dienone is 1. The Morgan fingerprint density at radius 2 is 1.60 bits per heavy atom. The number of amides is 1. The van der Waals surface area contributed by atoms with Crippen molar-refractivity contribution in [3.63, 3.8) is 0 Å². The van der Waals surface area contributed by atoms with Gasteiger partial charge in [0.2, 0.25) is 0 Å². The van der Waals surface area contributed by atoms with E-state index in [4.69, 9.17) is 19.9 Å². The molecule has 1 amide bonds. The number of rotatable bonds is 9. The number of para-hydroxylation sites is 1. The molecule has 10 nitrogen and oxygen atoms in total. The third-order valence-corrected chi connectivity index (χ3v) is 7.13. The van der Waals surface area contributed by atoms with Crippen LogP contribution in [-0.4, -0.2) is 45.2 Å². The summed E-state index contributed by atoms with van der Waals surface area (Å²) in [7, 11) is 2.33. The lowest BCUT2D eigenvalue weighted by Gasteiger charge is -2.36. The Balaban J connectivity index is 1.75. The van der Waals surface area contributed by atoms with Crippen molar-refractivity contribution in [1.29, 1.82) is 5.26 Å². The molecule has 1 heterocycles. The number of ether oxygens (including phenoxy) is 3. The van der Waals surface area contributed by atoms with E-state index in [1.807, 2.05) is 32.0 Å². The number of carbonyl (C=O) groups excluding carboxylic acids is 3. The first-order valence-electron chi connectivity index (χ1n) is 13.5. The van der Waals surface area contributed by atoms with Crippen LogP contribution in [0.5, 0.6) is 5.75 Å². The highest BCUT2D eigenvalue weighted by molar-refractivity contribution is 6.08. The fourth-order valence-electron chi connectivity index (χ4n) is 4.86. The maximum Gasteiger partial charge on any atom is 0.355 e. The van der Waals surface area contributed by atoms with Crippen LogP contribution in [0.15, 0.2) is 95.5 Å². The van der Waals surface area contributed by atoms with Gasteiger partial charge in [-0.3, -0.25) is 9.69 Å². The van der Waals surface area contributed by atoms with Crippen LogP contribution in [0.1, 0.15) is 33.0 Å². The lowest BCUT2D eigenvalue weighted by molar-refractivity contribution is -0.139. The number of nitrogens with zero attached hydrogens (tertiary/aromatic N) is 2. The van der Waals surface area contributed by atoms with Gasteiger partial charge in [-0.25, -0.2) is 9.59 Å². The van der Waals surface area contributed by atoms with Gasteiger partial charge >= 0.3 is 11.9 Å². The summed E-state index contributed by atoms with van der Waals surface area (Å²) in [5.74, 6) is -2.72. The number of esters is 2. The zero-order valence-corrected chi connectivity index (χ0v) is 24.3. The first kappa shape index (κ1) is 30.4. The molecule has 0 bridgehead atoms. The van der Waals surface area contributed by atoms with E-state index >= 15 is 0 Å². The summed E-state index contributed by atoms with van der Waals surface area (Å²) in [6.45, 7) is 4.39. The highest BCUT2D eigenvalue weighted by Crippen LogP contribution is 2.43. The molecule has 220 valence electrons. The Kier molecular flexibility index (Phi) is 9.47. The van der Waals surface area contributed by atoms with Gasteiger partial charge in [0.1, 0.15) is 23.9 Å². The molecule has 3 N–H and O–H groups in total. The molecule has 0 saturated heterocycles. The second-order valence-electron chi connectivity index (χ2n) is 9.70. The molecule has 1 atom stereocenters. The minimum Gasteiger partial charge on any atom is -0.492 e. The molecule has 0 aromatic heterocycles. The van der Waals surface area contributed by atoms with Crippen molar-refractivity contribution < 1.29 is 28.6 Å². The second-order valence-corrected chi connectivity index (χ2v) is 9.70. The predicted octanol–water partition coefficient (Wildman–Crippen LogP) is 4.01. The van der Waals surface area contributed by atoms with Crippen LogP contribution in [0, 0.1) is 25.2 Å². The second kappa shape index (κ2) is 13.4. The predicted molar refractivity (Wildman–Crippen MR) is 160 cm³/mol. The van der Waals surface area contributed by atoms with E-state index in [2.05, 4.69) is 11.4 Å². The fourth-order valence-corrected chi connectivity index (χ4v) is 4.86. The number of nitrogens with two attached hydrogens (primary N) is 1. The molecule has 4 rings (SSSR count). The molecule has 43 heavy (non-hydrogen) atoms. The highest BCUT2D eigenvalue weighted by atomic mass is 16.5. The number of benzene rings is 3. The first-order chi connectivity index (χ1) is 20.7. The average Bonchev–Trinajstić information content (AvgIpc) is 3.03. The van der Waals surface area contributed by atoms with Crippen LogP contribution in [-0.2, 0) is 19.1 Å². The Labute approximate surface area is 250 Å². The van der Waals surface area contributed by atoms with Crippen molar-refractivity contribution in [2.45, 2.75) is 19.8 Å². The molecule has 3 aromatic rings. The van der Waals surface area contributed by atoms with E-state index in [1.165, 1.54) is 12.0 Å². The first-order valence-corrected chi connectivity index (χ1v) is 13.5. The standard InChI is InChI=1S/C33H32N4O6/c1-20-14-15-23(18-21(20)2)43-17-16-36-31(38)24-12-8-9-13-26(24)37-29(33(40)42-4)28(32(39)41-3)27(25(19-34)30(37)35)22-10-6-5-7-11-22/h5-15,18,27H,16-17,35H2,1-4H3,(H,36,38). The number of aryl methyl sites for hydroxylation is 2. The van der Waals surface area contributed by atoms with Crippen molar-refractivity contribution in [3.8, 4) is 11.8 Å². The molecular formula is C33H32N4O6. The van der Waals surface area contributed by atoms with Crippen molar-refractivity contribution >= 4 is 23.5 Å². The smallest absolute Gasteiger partial charge is 0.355 e. The number of nitriles is 1. The van der Waals surface area contributed by atoms with Gasteiger partial charge < -0.3 is 25.3 Å². The van der Waals surface area contributed by atoms with Gasteiger partial charge in [0, 0.05) is 0 Å². The quantitative estimate of drug-likeness (QED) is 0.283. The maximum absolute atomic E-state index is 13.4. The van der Waals surface area contributed by atoms with Crippen LogP contribution in [0.4, 0.5) is 5.69 Å². The molecule has 0 aliphatic carbocycles. The number of nitrogens with one attached hydrogen (secondary N) is 1. The zero-order valence-electron chi connectivity index (χ0n) is 24.3. The number of anilines is 1. The molecule has 0 radical (unpaired) electrons. The van der Waals surface area contributed by atoms with E-state index in [1.54, 1.807) is 54.6 Å². The Morgan fingerprint density at radius 3 is 2.26 bits per heavy atom. The van der Waals surface area contributed by atoms with Crippen LogP contribution < -0.4 is 20.7 Å².